The number of carbonyl (C=O) groups excluding carboxylic acids is 2. The Balaban J connectivity index is 1.29. The van der Waals surface area contributed by atoms with E-state index in [0.717, 1.165) is 43.8 Å². The Labute approximate surface area is 249 Å². The third-order valence-corrected chi connectivity index (χ3v) is 9.28. The van der Waals surface area contributed by atoms with E-state index < -0.39 is 22.7 Å². The Kier molecular flexibility index (Phi) is 6.52. The molecule has 43 heavy (non-hydrogen) atoms. The normalized spacial score (nSPS) is 12.3. The molecule has 0 radical (unpaired) electrons. The van der Waals surface area contributed by atoms with E-state index >= 15 is 0 Å². The van der Waals surface area contributed by atoms with Crippen LogP contribution in [0.5, 0.6) is 11.5 Å². The van der Waals surface area contributed by atoms with Gasteiger partial charge < -0.3 is 14.2 Å². The molecule has 1 aliphatic rings. The van der Waals surface area contributed by atoms with Crippen LogP contribution in [-0.4, -0.2) is 30.4 Å². The van der Waals surface area contributed by atoms with Gasteiger partial charge >= 0.3 is 11.9 Å². The molecule has 6 aromatic carbocycles. The van der Waals surface area contributed by atoms with E-state index in [2.05, 4.69) is 0 Å². The molecule has 7 rings (SSSR count). The lowest BCUT2D eigenvalue weighted by molar-refractivity contribution is 0.0592. The van der Waals surface area contributed by atoms with Gasteiger partial charge in [0.1, 0.15) is 11.5 Å². The summed E-state index contributed by atoms with van der Waals surface area (Å²) in [6, 6.07) is 34.1. The van der Waals surface area contributed by atoms with Crippen LogP contribution in [0, 0.1) is 0 Å². The van der Waals surface area contributed by atoms with Crippen molar-refractivity contribution in [3.8, 4) is 33.8 Å². The molecule has 1 aliphatic heterocycles. The molecule has 0 unspecified atom stereocenters. The van der Waals surface area contributed by atoms with Gasteiger partial charge in [0.05, 0.1) is 45.9 Å². The molecule has 0 N–H and O–H groups in total. The van der Waals surface area contributed by atoms with Crippen LogP contribution in [-0.2, 0) is 20.3 Å². The van der Waals surface area contributed by atoms with Gasteiger partial charge in [-0.2, -0.15) is 0 Å². The number of hydrogen-bond acceptors (Lipinski definition) is 6. The predicted octanol–water partition coefficient (Wildman–Crippen LogP) is 8.17. The molecule has 6 nitrogen and oxygen atoms in total. The van der Waals surface area contributed by atoms with Crippen LogP contribution in [0.25, 0.3) is 43.8 Å². The molecule has 0 bridgehead atoms. The minimum absolute atomic E-state index is 0.392. The molecular formula is C36H24O6S. The van der Waals surface area contributed by atoms with Crippen LogP contribution in [0.2, 0.25) is 0 Å². The van der Waals surface area contributed by atoms with Crippen LogP contribution in [0.4, 0.5) is 0 Å². The van der Waals surface area contributed by atoms with Crippen LogP contribution < -0.4 is 4.74 Å². The number of benzene rings is 6. The van der Waals surface area contributed by atoms with Crippen molar-refractivity contribution < 1.29 is 28.0 Å². The standard InChI is InChI=1S/C36H24O6S/c1-40-35(37)27-7-3-5-21(19-27)23-9-13-29-25(17-23)11-15-31-33(29)43(39)34-30-14-10-24(18-26(30)12-16-32(34)42-31)22-6-4-8-28(20-22)36(38)41-2/h3-20H,1-2H3. The highest BCUT2D eigenvalue weighted by atomic mass is 32.2. The predicted molar refractivity (Wildman–Crippen MR) is 166 cm³/mol. The zero-order valence-electron chi connectivity index (χ0n) is 23.3. The number of methoxy groups -OCH3 is 2. The number of carbonyl (C=O) groups is 2. The van der Waals surface area contributed by atoms with Gasteiger partial charge in [-0.05, 0) is 81.6 Å². The molecular weight excluding hydrogens is 560 g/mol. The lowest BCUT2D eigenvalue weighted by Gasteiger charge is -2.23. The Morgan fingerprint density at radius 2 is 1.00 bits per heavy atom. The summed E-state index contributed by atoms with van der Waals surface area (Å²) in [7, 11) is 1.22. The fourth-order valence-electron chi connectivity index (χ4n) is 5.57. The maximum Gasteiger partial charge on any atom is 0.337 e. The van der Waals surface area contributed by atoms with E-state index in [4.69, 9.17) is 14.2 Å². The third kappa shape index (κ3) is 4.54. The van der Waals surface area contributed by atoms with Crippen molar-refractivity contribution in [1.29, 1.82) is 0 Å². The van der Waals surface area contributed by atoms with Gasteiger partial charge in [-0.3, -0.25) is 0 Å². The fourth-order valence-corrected chi connectivity index (χ4v) is 7.13. The average molecular weight is 585 g/mol. The molecule has 7 heteroatoms. The Morgan fingerprint density at radius 3 is 1.44 bits per heavy atom. The van der Waals surface area contributed by atoms with E-state index in [0.29, 0.717) is 32.4 Å². The molecule has 6 aromatic rings. The largest absolute Gasteiger partial charge is 0.465 e. The van der Waals surface area contributed by atoms with E-state index in [1.165, 1.54) is 14.2 Å². The second-order valence-corrected chi connectivity index (χ2v) is 11.5. The molecule has 0 spiro atoms. The zero-order chi connectivity index (χ0) is 29.7. The zero-order valence-corrected chi connectivity index (χ0v) is 24.1. The Bertz CT molecular complexity index is 2000. The molecule has 0 atom stereocenters. The summed E-state index contributed by atoms with van der Waals surface area (Å²) in [5, 5.41) is 3.49. The van der Waals surface area contributed by atoms with Gasteiger partial charge in [-0.1, -0.05) is 60.7 Å². The van der Waals surface area contributed by atoms with Crippen LogP contribution in [0.15, 0.2) is 119 Å². The number of hydrogen-bond donors (Lipinski definition) is 0. The molecule has 0 saturated heterocycles. The summed E-state index contributed by atoms with van der Waals surface area (Å²) in [5.41, 5.74) is 4.56. The van der Waals surface area contributed by atoms with Crippen molar-refractivity contribution in [2.75, 3.05) is 14.2 Å². The number of rotatable bonds is 4. The van der Waals surface area contributed by atoms with Gasteiger partial charge in [-0.15, -0.1) is 0 Å². The first kappa shape index (κ1) is 26.6. The third-order valence-electron chi connectivity index (χ3n) is 7.69. The lowest BCUT2D eigenvalue weighted by Crippen LogP contribution is -2.07. The van der Waals surface area contributed by atoms with Crippen molar-refractivity contribution in [3.63, 3.8) is 0 Å². The molecule has 0 saturated carbocycles. The second-order valence-electron chi connectivity index (χ2n) is 10.2. The van der Waals surface area contributed by atoms with Crippen LogP contribution in [0.3, 0.4) is 0 Å². The number of fused-ring (bicyclic) bond motifs is 6. The number of esters is 2. The highest BCUT2D eigenvalue weighted by Gasteiger charge is 2.28. The maximum absolute atomic E-state index is 14.3. The van der Waals surface area contributed by atoms with E-state index in [-0.39, 0.29) is 0 Å². The second kappa shape index (κ2) is 10.5. The van der Waals surface area contributed by atoms with Gasteiger partial charge in [0.15, 0.2) is 0 Å². The highest BCUT2D eigenvalue weighted by Crippen LogP contribution is 2.47. The minimum atomic E-state index is -1.51. The van der Waals surface area contributed by atoms with Gasteiger partial charge in [-0.25, -0.2) is 13.8 Å². The van der Waals surface area contributed by atoms with Gasteiger partial charge in [0, 0.05) is 10.8 Å². The number of ether oxygens (including phenoxy) is 3. The lowest BCUT2D eigenvalue weighted by atomic mass is 9.99. The SMILES string of the molecule is COC(=O)c1cccc(-c2ccc3c4c(ccc3c2)Oc2ccc3cc(-c5cccc(C(=O)OC)c5)ccc3c2S4=O)c1. The highest BCUT2D eigenvalue weighted by molar-refractivity contribution is 7.86. The van der Waals surface area contributed by atoms with E-state index in [9.17, 15) is 13.8 Å². The summed E-state index contributed by atoms with van der Waals surface area (Å²) in [6.07, 6.45) is 0. The topological polar surface area (TPSA) is 78.9 Å². The first-order valence-corrected chi connectivity index (χ1v) is 14.7. The smallest absolute Gasteiger partial charge is 0.337 e. The summed E-state index contributed by atoms with van der Waals surface area (Å²) in [4.78, 5) is 25.4. The Morgan fingerprint density at radius 1 is 0.558 bits per heavy atom. The van der Waals surface area contributed by atoms with Gasteiger partial charge in [0.2, 0.25) is 0 Å². The first-order valence-electron chi connectivity index (χ1n) is 13.6. The summed E-state index contributed by atoms with van der Waals surface area (Å²) < 4.78 is 30.3. The molecule has 0 fully saturated rings. The molecule has 0 amide bonds. The summed E-state index contributed by atoms with van der Waals surface area (Å²) in [6.45, 7) is 0. The Hall–Kier alpha value is -5.27. The van der Waals surface area contributed by atoms with Crippen molar-refractivity contribution in [3.05, 3.63) is 120 Å². The van der Waals surface area contributed by atoms with Crippen molar-refractivity contribution >= 4 is 44.3 Å². The van der Waals surface area contributed by atoms with Crippen LogP contribution in [0.1, 0.15) is 20.7 Å². The first-order chi connectivity index (χ1) is 20.9. The fraction of sp³-hybridized carbons (Fsp3) is 0.0556. The van der Waals surface area contributed by atoms with E-state index in [1.807, 2.05) is 84.9 Å². The van der Waals surface area contributed by atoms with Crippen LogP contribution >= 0.6 is 0 Å². The molecule has 210 valence electrons. The molecule has 0 aliphatic carbocycles. The average Bonchev–Trinajstić information content (AvgIpc) is 3.06. The quantitative estimate of drug-likeness (QED) is 0.194. The van der Waals surface area contributed by atoms with E-state index in [1.54, 1.807) is 24.3 Å². The minimum Gasteiger partial charge on any atom is -0.465 e. The monoisotopic (exact) mass is 584 g/mol. The van der Waals surface area contributed by atoms with Crippen molar-refractivity contribution in [2.24, 2.45) is 0 Å². The summed E-state index contributed by atoms with van der Waals surface area (Å²) >= 11 is 0. The van der Waals surface area contributed by atoms with Crippen molar-refractivity contribution in [2.45, 2.75) is 9.79 Å². The summed E-state index contributed by atoms with van der Waals surface area (Å²) in [5.74, 6) is 0.345. The maximum atomic E-state index is 14.3. The molecule has 0 aromatic heterocycles. The van der Waals surface area contributed by atoms with Crippen molar-refractivity contribution in [1.82, 2.24) is 0 Å². The van der Waals surface area contributed by atoms with Gasteiger partial charge in [0.25, 0.3) is 0 Å². The molecule has 1 heterocycles.